The van der Waals surface area contributed by atoms with Crippen molar-refractivity contribution in [2.24, 2.45) is 0 Å². The summed E-state index contributed by atoms with van der Waals surface area (Å²) in [5, 5.41) is -0.628. The van der Waals surface area contributed by atoms with Crippen molar-refractivity contribution in [3.63, 3.8) is 0 Å². The van der Waals surface area contributed by atoms with E-state index in [-0.39, 0.29) is 5.60 Å². The third kappa shape index (κ3) is 2.63. The van der Waals surface area contributed by atoms with Crippen molar-refractivity contribution in [3.05, 3.63) is 40.4 Å². The Morgan fingerprint density at radius 2 is 2.08 bits per heavy atom. The molecule has 2 aromatic heterocycles. The highest BCUT2D eigenvalue weighted by Gasteiger charge is 2.46. The number of thiol groups is 1. The number of rotatable bonds is 5. The van der Waals surface area contributed by atoms with E-state index in [9.17, 15) is 8.42 Å². The first-order valence-electron chi connectivity index (χ1n) is 8.12. The van der Waals surface area contributed by atoms with Gasteiger partial charge in [0.05, 0.1) is 23.4 Å². The minimum atomic E-state index is -2.61. The van der Waals surface area contributed by atoms with Gasteiger partial charge >= 0.3 is 0 Å². The number of aryl methyl sites for hydroxylation is 1. The van der Waals surface area contributed by atoms with Crippen LogP contribution in [-0.4, -0.2) is 37.3 Å². The molecule has 0 aliphatic heterocycles. The maximum absolute atomic E-state index is 11.6. The third-order valence-corrected chi connectivity index (χ3v) is 7.14. The summed E-state index contributed by atoms with van der Waals surface area (Å²) in [6.07, 6.45) is 8.23. The molecule has 0 saturated heterocycles. The molecule has 134 valence electrons. The van der Waals surface area contributed by atoms with E-state index < -0.39 is 16.0 Å². The van der Waals surface area contributed by atoms with E-state index in [4.69, 9.17) is 9.47 Å². The minimum absolute atomic E-state index is 0.151. The van der Waals surface area contributed by atoms with Crippen LogP contribution in [0.25, 0.3) is 10.5 Å². The van der Waals surface area contributed by atoms with Crippen molar-refractivity contribution in [1.82, 2.24) is 9.38 Å². The number of aromatic nitrogens is 2. The van der Waals surface area contributed by atoms with Crippen LogP contribution >= 0.6 is 11.3 Å². The van der Waals surface area contributed by atoms with E-state index in [1.54, 1.807) is 24.5 Å². The van der Waals surface area contributed by atoms with Gasteiger partial charge in [-0.25, -0.2) is 13.4 Å². The molecule has 6 nitrogen and oxygen atoms in total. The summed E-state index contributed by atoms with van der Waals surface area (Å²) in [6, 6.07) is 0. The second kappa shape index (κ2) is 5.96. The Bertz CT molecular complexity index is 968. The highest BCUT2D eigenvalue weighted by Crippen LogP contribution is 2.51. The van der Waals surface area contributed by atoms with E-state index in [0.717, 1.165) is 34.8 Å². The van der Waals surface area contributed by atoms with Gasteiger partial charge in [-0.15, -0.1) is 0 Å². The standard InChI is InChI=1S/C17H20N2O4S2/c1-10-15(11-4-5-12(22-2)13(8-11)25(20)21)19-9-14(24-16(19)18-10)17(23-3)6-7-17/h4-5,9,13,25H,6-8H2,1-3H3. The Morgan fingerprint density at radius 3 is 2.68 bits per heavy atom. The van der Waals surface area contributed by atoms with Gasteiger partial charge < -0.3 is 9.47 Å². The van der Waals surface area contributed by atoms with Crippen LogP contribution in [0.3, 0.4) is 0 Å². The number of methoxy groups -OCH3 is 2. The molecule has 0 spiro atoms. The number of nitrogens with zero attached hydrogens (tertiary/aromatic N) is 2. The number of fused-ring (bicyclic) bond motifs is 1. The first-order chi connectivity index (χ1) is 12.0. The lowest BCUT2D eigenvalue weighted by Crippen LogP contribution is -2.18. The molecule has 4 rings (SSSR count). The van der Waals surface area contributed by atoms with Gasteiger partial charge in [-0.1, -0.05) is 17.4 Å². The van der Waals surface area contributed by atoms with E-state index in [1.807, 2.05) is 13.0 Å². The summed E-state index contributed by atoms with van der Waals surface area (Å²) in [7, 11) is 0.645. The number of imidazole rings is 1. The van der Waals surface area contributed by atoms with Gasteiger partial charge in [0.25, 0.3) is 0 Å². The van der Waals surface area contributed by atoms with Crippen molar-refractivity contribution < 1.29 is 17.9 Å². The van der Waals surface area contributed by atoms with Gasteiger partial charge in [0, 0.05) is 13.3 Å². The van der Waals surface area contributed by atoms with Crippen LogP contribution in [0.15, 0.2) is 24.1 Å². The number of thiazole rings is 1. The first kappa shape index (κ1) is 16.8. The van der Waals surface area contributed by atoms with Crippen molar-refractivity contribution >= 4 is 32.6 Å². The molecule has 2 heterocycles. The molecular weight excluding hydrogens is 360 g/mol. The normalized spacial score (nSPS) is 22.2. The summed E-state index contributed by atoms with van der Waals surface area (Å²) in [6.45, 7) is 1.96. The van der Waals surface area contributed by atoms with E-state index >= 15 is 0 Å². The molecule has 1 unspecified atom stereocenters. The Hall–Kier alpha value is -1.64. The van der Waals surface area contributed by atoms with E-state index in [2.05, 4.69) is 15.6 Å². The molecule has 0 bridgehead atoms. The molecule has 25 heavy (non-hydrogen) atoms. The van der Waals surface area contributed by atoms with Gasteiger partial charge in [0.1, 0.15) is 16.6 Å². The maximum atomic E-state index is 11.6. The number of allylic oxidation sites excluding steroid dienone is 3. The van der Waals surface area contributed by atoms with E-state index in [1.165, 1.54) is 12.0 Å². The van der Waals surface area contributed by atoms with Gasteiger partial charge in [-0.3, -0.25) is 4.40 Å². The van der Waals surface area contributed by atoms with Crippen LogP contribution in [0.4, 0.5) is 0 Å². The largest absolute Gasteiger partial charge is 0.500 e. The summed E-state index contributed by atoms with van der Waals surface area (Å²) in [5.41, 5.74) is 2.68. The molecule has 1 atom stereocenters. The fourth-order valence-electron chi connectivity index (χ4n) is 3.45. The smallest absolute Gasteiger partial charge is 0.194 e. The SMILES string of the molecule is COC1=CC=C(c2c(C)nc3sc(C4(OC)CC4)cn23)CC1[SH](=O)=O. The van der Waals surface area contributed by atoms with E-state index in [0.29, 0.717) is 12.2 Å². The quantitative estimate of drug-likeness (QED) is 0.808. The fourth-order valence-corrected chi connectivity index (χ4v) is 5.44. The molecule has 2 aliphatic carbocycles. The van der Waals surface area contributed by atoms with Gasteiger partial charge in [-0.05, 0) is 37.8 Å². The molecule has 2 aliphatic rings. The topological polar surface area (TPSA) is 69.9 Å². The molecule has 0 radical (unpaired) electrons. The third-order valence-electron chi connectivity index (χ3n) is 5.03. The van der Waals surface area contributed by atoms with Crippen molar-refractivity contribution in [2.75, 3.05) is 14.2 Å². The zero-order chi connectivity index (χ0) is 17.8. The lowest BCUT2D eigenvalue weighted by atomic mass is 9.99. The van der Waals surface area contributed by atoms with Crippen LogP contribution < -0.4 is 0 Å². The minimum Gasteiger partial charge on any atom is -0.500 e. The molecule has 2 aromatic rings. The molecule has 0 N–H and O–H groups in total. The van der Waals surface area contributed by atoms with Crippen molar-refractivity contribution in [1.29, 1.82) is 0 Å². The van der Waals surface area contributed by atoms with Gasteiger partial charge in [-0.2, -0.15) is 0 Å². The summed E-state index contributed by atoms with van der Waals surface area (Å²) >= 11 is 1.64. The number of hydrogen-bond donors (Lipinski definition) is 1. The molecule has 0 amide bonds. The highest BCUT2D eigenvalue weighted by atomic mass is 32.2. The monoisotopic (exact) mass is 380 g/mol. The lowest BCUT2D eigenvalue weighted by molar-refractivity contribution is 0.0818. The van der Waals surface area contributed by atoms with Gasteiger partial charge in [0.15, 0.2) is 15.7 Å². The number of hydrogen-bond acceptors (Lipinski definition) is 6. The summed E-state index contributed by atoms with van der Waals surface area (Å²) < 4.78 is 36.2. The second-order valence-electron chi connectivity index (χ2n) is 6.46. The summed E-state index contributed by atoms with van der Waals surface area (Å²) in [4.78, 5) is 6.76. The fraction of sp³-hybridized carbons (Fsp3) is 0.471. The zero-order valence-electron chi connectivity index (χ0n) is 14.3. The Morgan fingerprint density at radius 1 is 1.32 bits per heavy atom. The van der Waals surface area contributed by atoms with Crippen LogP contribution in [0.1, 0.15) is 35.5 Å². The van der Waals surface area contributed by atoms with Crippen molar-refractivity contribution in [3.8, 4) is 0 Å². The summed E-state index contributed by atoms with van der Waals surface area (Å²) in [5.74, 6) is 0.487. The molecule has 1 saturated carbocycles. The first-order valence-corrected chi connectivity index (χ1v) is 10.2. The highest BCUT2D eigenvalue weighted by molar-refractivity contribution is 7.73. The average Bonchev–Trinajstić information content (AvgIpc) is 3.21. The molecule has 1 fully saturated rings. The van der Waals surface area contributed by atoms with Crippen LogP contribution in [-0.2, 0) is 25.8 Å². The molecule has 8 heteroatoms. The molecule has 0 aromatic carbocycles. The number of ether oxygens (including phenoxy) is 2. The Kier molecular flexibility index (Phi) is 4.01. The Labute approximate surface area is 151 Å². The lowest BCUT2D eigenvalue weighted by Gasteiger charge is -2.19. The van der Waals surface area contributed by atoms with Crippen LogP contribution in [0.2, 0.25) is 0 Å². The predicted molar refractivity (Wildman–Crippen MR) is 97.5 cm³/mol. The second-order valence-corrected chi connectivity index (χ2v) is 8.67. The molecular formula is C17H20N2O4S2. The maximum Gasteiger partial charge on any atom is 0.194 e. The Balaban J connectivity index is 1.80. The van der Waals surface area contributed by atoms with Crippen LogP contribution in [0.5, 0.6) is 0 Å². The van der Waals surface area contributed by atoms with Crippen molar-refractivity contribution in [2.45, 2.75) is 37.0 Å². The zero-order valence-corrected chi connectivity index (χ0v) is 16.0. The average molecular weight is 380 g/mol. The van der Waals surface area contributed by atoms with Crippen LogP contribution in [0, 0.1) is 6.92 Å². The predicted octanol–water partition coefficient (Wildman–Crippen LogP) is 2.64. The van der Waals surface area contributed by atoms with Gasteiger partial charge in [0.2, 0.25) is 0 Å².